The Morgan fingerprint density at radius 2 is 1.31 bits per heavy atom. The second kappa shape index (κ2) is 8.41. The molecule has 0 bridgehead atoms. The Hall–Kier alpha value is -2.26. The second-order valence-corrected chi connectivity index (χ2v) is 5.54. The molecule has 10 heteroatoms. The summed E-state index contributed by atoms with van der Waals surface area (Å²) in [4.78, 5) is 25.2. The molecule has 0 fully saturated rings. The average Bonchev–Trinajstić information content (AvgIpc) is 2.52. The van der Waals surface area contributed by atoms with E-state index in [2.05, 4.69) is 0 Å². The molecule has 1 N–H and O–H groups in total. The van der Waals surface area contributed by atoms with E-state index in [-0.39, 0.29) is 19.2 Å². The van der Waals surface area contributed by atoms with Gasteiger partial charge in [0.1, 0.15) is 0 Å². The summed E-state index contributed by atoms with van der Waals surface area (Å²) in [6.45, 7) is 4.01. The average molecular weight is 384 g/mol. The van der Waals surface area contributed by atoms with Crippen LogP contribution < -0.4 is 5.32 Å². The molecule has 0 aliphatic heterocycles. The molecular weight excluding hydrogens is 366 g/mol. The van der Waals surface area contributed by atoms with E-state index in [0.29, 0.717) is 25.0 Å². The number of amides is 2. The quantitative estimate of drug-likeness (QED) is 0.608. The van der Waals surface area contributed by atoms with Crippen LogP contribution in [0.25, 0.3) is 0 Å². The molecule has 0 saturated heterocycles. The van der Waals surface area contributed by atoms with E-state index in [1.807, 2.05) is 5.32 Å². The van der Waals surface area contributed by atoms with Crippen LogP contribution in [-0.4, -0.2) is 29.8 Å². The molecule has 0 saturated carbocycles. The number of rotatable bonds is 5. The number of alkyl halides is 6. The number of halogens is 6. The lowest BCUT2D eigenvalue weighted by atomic mass is 10.1. The van der Waals surface area contributed by atoms with Crippen molar-refractivity contribution >= 4 is 17.5 Å². The maximum Gasteiger partial charge on any atom is 0.416 e. The number of carbonyl (C=O) groups excluding carboxylic acids is 2. The molecule has 0 aromatic heterocycles. The van der Waals surface area contributed by atoms with Crippen molar-refractivity contribution in [3.05, 3.63) is 29.3 Å². The van der Waals surface area contributed by atoms with Crippen molar-refractivity contribution in [3.8, 4) is 0 Å². The number of nitrogens with zero attached hydrogens (tertiary/aromatic N) is 1. The van der Waals surface area contributed by atoms with E-state index < -0.39 is 41.0 Å². The molecule has 1 aromatic carbocycles. The van der Waals surface area contributed by atoms with E-state index in [1.54, 1.807) is 13.8 Å². The van der Waals surface area contributed by atoms with Crippen molar-refractivity contribution < 1.29 is 35.9 Å². The minimum atomic E-state index is -5.04. The van der Waals surface area contributed by atoms with Crippen LogP contribution in [0.2, 0.25) is 0 Å². The van der Waals surface area contributed by atoms with Crippen LogP contribution in [0, 0.1) is 0 Å². The third kappa shape index (κ3) is 5.92. The van der Waals surface area contributed by atoms with Crippen LogP contribution in [0.4, 0.5) is 32.0 Å². The Bertz CT molecular complexity index is 617. The Balaban J connectivity index is 3.14. The van der Waals surface area contributed by atoms with Crippen LogP contribution in [-0.2, 0) is 21.9 Å². The zero-order valence-electron chi connectivity index (χ0n) is 14.1. The fourth-order valence-corrected chi connectivity index (χ4v) is 2.21. The number of carbonyl (C=O) groups is 2. The summed E-state index contributed by atoms with van der Waals surface area (Å²) < 4.78 is 76.8. The van der Waals surface area contributed by atoms with Gasteiger partial charge in [-0.05, 0) is 31.0 Å². The molecule has 1 rings (SSSR count). The molecular formula is C16H18F6N2O2. The van der Waals surface area contributed by atoms with Gasteiger partial charge in [0.25, 0.3) is 0 Å². The highest BCUT2D eigenvalue weighted by Crippen LogP contribution is 2.37. The van der Waals surface area contributed by atoms with Gasteiger partial charge in [0, 0.05) is 18.8 Å². The molecule has 0 aliphatic rings. The summed E-state index contributed by atoms with van der Waals surface area (Å²) >= 11 is 0. The van der Waals surface area contributed by atoms with E-state index in [0.717, 1.165) is 0 Å². The van der Waals surface area contributed by atoms with E-state index in [1.165, 1.54) is 4.90 Å². The van der Waals surface area contributed by atoms with Crippen molar-refractivity contribution in [1.82, 2.24) is 4.90 Å². The van der Waals surface area contributed by atoms with Gasteiger partial charge < -0.3 is 10.2 Å². The summed E-state index contributed by atoms with van der Waals surface area (Å²) in [5.74, 6) is -2.31. The molecule has 26 heavy (non-hydrogen) atoms. The lowest BCUT2D eigenvalue weighted by molar-refractivity contribution is -0.143. The molecule has 1 aromatic rings. The maximum absolute atomic E-state index is 12.8. The van der Waals surface area contributed by atoms with Gasteiger partial charge in [0.15, 0.2) is 0 Å². The highest BCUT2D eigenvalue weighted by molar-refractivity contribution is 6.39. The fraction of sp³-hybridized carbons (Fsp3) is 0.500. The smallest absolute Gasteiger partial charge is 0.334 e. The van der Waals surface area contributed by atoms with Gasteiger partial charge in [-0.2, -0.15) is 26.3 Å². The third-order valence-electron chi connectivity index (χ3n) is 3.31. The number of hydrogen-bond donors (Lipinski definition) is 1. The summed E-state index contributed by atoms with van der Waals surface area (Å²) in [5, 5.41) is 1.83. The first-order valence-corrected chi connectivity index (χ1v) is 7.79. The first-order valence-electron chi connectivity index (χ1n) is 7.79. The van der Waals surface area contributed by atoms with Crippen molar-refractivity contribution in [2.24, 2.45) is 0 Å². The molecule has 0 heterocycles. The molecule has 4 nitrogen and oxygen atoms in total. The zero-order valence-corrected chi connectivity index (χ0v) is 14.1. The topological polar surface area (TPSA) is 49.4 Å². The van der Waals surface area contributed by atoms with Crippen molar-refractivity contribution in [2.75, 3.05) is 18.4 Å². The van der Waals surface area contributed by atoms with Crippen LogP contribution >= 0.6 is 0 Å². The highest BCUT2D eigenvalue weighted by Gasteiger charge is 2.37. The first kappa shape index (κ1) is 21.8. The summed E-state index contributed by atoms with van der Waals surface area (Å²) in [6.07, 6.45) is -9.00. The summed E-state index contributed by atoms with van der Waals surface area (Å²) in [7, 11) is 0. The minimum absolute atomic E-state index is 0.0576. The van der Waals surface area contributed by atoms with Crippen molar-refractivity contribution in [2.45, 2.75) is 39.0 Å². The SMILES string of the molecule is CCCN(CCC)C(=O)C(=O)Nc1cc(C(F)(F)F)cc(C(F)(F)F)c1. The largest absolute Gasteiger partial charge is 0.416 e. The normalized spacial score (nSPS) is 12.0. The van der Waals surface area contributed by atoms with E-state index in [9.17, 15) is 35.9 Å². The van der Waals surface area contributed by atoms with Crippen molar-refractivity contribution in [3.63, 3.8) is 0 Å². The maximum atomic E-state index is 12.8. The van der Waals surface area contributed by atoms with Gasteiger partial charge in [-0.15, -0.1) is 0 Å². The van der Waals surface area contributed by atoms with Gasteiger partial charge in [-0.25, -0.2) is 0 Å². The van der Waals surface area contributed by atoms with Gasteiger partial charge >= 0.3 is 24.2 Å². The van der Waals surface area contributed by atoms with E-state index >= 15 is 0 Å². The monoisotopic (exact) mass is 384 g/mol. The summed E-state index contributed by atoms with van der Waals surface area (Å²) in [6, 6.07) is 0.646. The Kier molecular flexibility index (Phi) is 7.05. The number of nitrogens with one attached hydrogen (secondary N) is 1. The number of benzene rings is 1. The second-order valence-electron chi connectivity index (χ2n) is 5.54. The Morgan fingerprint density at radius 3 is 1.65 bits per heavy atom. The molecule has 0 unspecified atom stereocenters. The predicted octanol–water partition coefficient (Wildman–Crippen LogP) is 4.31. The van der Waals surface area contributed by atoms with Crippen molar-refractivity contribution in [1.29, 1.82) is 0 Å². The van der Waals surface area contributed by atoms with Gasteiger partial charge in [-0.3, -0.25) is 9.59 Å². The Labute approximate surface area is 146 Å². The third-order valence-corrected chi connectivity index (χ3v) is 3.31. The molecule has 2 amide bonds. The van der Waals surface area contributed by atoms with Crippen LogP contribution in [0.15, 0.2) is 18.2 Å². The number of anilines is 1. The van der Waals surface area contributed by atoms with Gasteiger partial charge in [-0.1, -0.05) is 13.8 Å². The lowest BCUT2D eigenvalue weighted by Crippen LogP contribution is -2.40. The Morgan fingerprint density at radius 1 is 0.885 bits per heavy atom. The molecule has 146 valence electrons. The number of hydrogen-bond acceptors (Lipinski definition) is 2. The standard InChI is InChI=1S/C16H18F6N2O2/c1-3-5-24(6-4-2)14(26)13(25)23-12-8-10(15(17,18)19)7-11(9-12)16(20,21)22/h7-9H,3-6H2,1-2H3,(H,23,25). The van der Waals surface area contributed by atoms with Gasteiger partial charge in [0.2, 0.25) is 0 Å². The van der Waals surface area contributed by atoms with Crippen LogP contribution in [0.5, 0.6) is 0 Å². The minimum Gasteiger partial charge on any atom is -0.334 e. The molecule has 0 spiro atoms. The van der Waals surface area contributed by atoms with E-state index in [4.69, 9.17) is 0 Å². The first-order chi connectivity index (χ1) is 11.9. The fourth-order valence-electron chi connectivity index (χ4n) is 2.21. The molecule has 0 radical (unpaired) electrons. The highest BCUT2D eigenvalue weighted by atomic mass is 19.4. The molecule has 0 aliphatic carbocycles. The molecule has 0 atom stereocenters. The summed E-state index contributed by atoms with van der Waals surface area (Å²) in [5.41, 5.74) is -3.90. The zero-order chi connectivity index (χ0) is 20.1. The lowest BCUT2D eigenvalue weighted by Gasteiger charge is -2.21. The van der Waals surface area contributed by atoms with Crippen LogP contribution in [0.1, 0.15) is 37.8 Å². The van der Waals surface area contributed by atoms with Crippen LogP contribution in [0.3, 0.4) is 0 Å². The predicted molar refractivity (Wildman–Crippen MR) is 82.2 cm³/mol. The van der Waals surface area contributed by atoms with Gasteiger partial charge in [0.05, 0.1) is 11.1 Å².